The van der Waals surface area contributed by atoms with E-state index in [2.05, 4.69) is 5.32 Å². The second kappa shape index (κ2) is 9.28. The van der Waals surface area contributed by atoms with E-state index < -0.39 is 10.0 Å². The molecule has 0 atom stereocenters. The number of sulfonamides is 1. The zero-order chi connectivity index (χ0) is 20.9. The molecule has 1 heterocycles. The lowest BCUT2D eigenvalue weighted by Crippen LogP contribution is -2.35. The van der Waals surface area contributed by atoms with Crippen molar-refractivity contribution < 1.29 is 22.7 Å². The van der Waals surface area contributed by atoms with Gasteiger partial charge in [-0.25, -0.2) is 8.42 Å². The van der Waals surface area contributed by atoms with Crippen LogP contribution in [-0.4, -0.2) is 45.9 Å². The average Bonchev–Trinajstić information content (AvgIpc) is 2.74. The van der Waals surface area contributed by atoms with Crippen molar-refractivity contribution in [2.45, 2.75) is 30.6 Å². The maximum Gasteiger partial charge on any atom is 0.243 e. The smallest absolute Gasteiger partial charge is 0.243 e. The molecule has 1 aliphatic rings. The van der Waals surface area contributed by atoms with Crippen molar-refractivity contribution in [3.8, 4) is 11.5 Å². The van der Waals surface area contributed by atoms with E-state index in [1.165, 1.54) is 4.31 Å². The molecule has 3 rings (SSSR count). The molecule has 156 valence electrons. The lowest BCUT2D eigenvalue weighted by atomic mass is 10.1. The van der Waals surface area contributed by atoms with Crippen molar-refractivity contribution in [1.29, 1.82) is 0 Å². The number of ether oxygens (including phenoxy) is 2. The number of amides is 1. The lowest BCUT2D eigenvalue weighted by molar-refractivity contribution is -0.115. The van der Waals surface area contributed by atoms with Gasteiger partial charge in [0.25, 0.3) is 0 Å². The van der Waals surface area contributed by atoms with Gasteiger partial charge in [-0.15, -0.1) is 0 Å². The van der Waals surface area contributed by atoms with Gasteiger partial charge in [0.1, 0.15) is 11.5 Å². The summed E-state index contributed by atoms with van der Waals surface area (Å²) in [7, 11) is -0.383. The first-order valence-electron chi connectivity index (χ1n) is 9.54. The van der Waals surface area contributed by atoms with Crippen LogP contribution in [0.5, 0.6) is 11.5 Å². The number of nitrogens with one attached hydrogen (secondary N) is 1. The highest BCUT2D eigenvalue weighted by Crippen LogP contribution is 2.26. The van der Waals surface area contributed by atoms with Crippen LogP contribution in [0.3, 0.4) is 0 Å². The Hall–Kier alpha value is -2.58. The van der Waals surface area contributed by atoms with E-state index in [0.29, 0.717) is 30.3 Å². The Labute approximate surface area is 171 Å². The van der Waals surface area contributed by atoms with Crippen LogP contribution in [-0.2, 0) is 21.2 Å². The molecule has 1 saturated heterocycles. The Morgan fingerprint density at radius 2 is 1.55 bits per heavy atom. The number of rotatable bonds is 7. The SMILES string of the molecule is COc1cc(NC(=O)Cc2ccc(S(=O)(=O)N3CCCCC3)cc2)cc(OC)c1. The molecule has 0 aromatic heterocycles. The van der Waals surface area contributed by atoms with Crippen molar-refractivity contribution in [3.05, 3.63) is 48.0 Å². The summed E-state index contributed by atoms with van der Waals surface area (Å²) in [5, 5.41) is 2.81. The number of hydrogen-bond donors (Lipinski definition) is 1. The Morgan fingerprint density at radius 3 is 2.10 bits per heavy atom. The predicted octanol–water partition coefficient (Wildman–Crippen LogP) is 3.06. The molecule has 2 aromatic carbocycles. The Bertz CT molecular complexity index is 929. The third kappa shape index (κ3) is 5.27. The molecule has 1 N–H and O–H groups in total. The molecule has 1 amide bonds. The average molecular weight is 419 g/mol. The van der Waals surface area contributed by atoms with Gasteiger partial charge in [0, 0.05) is 37.0 Å². The highest BCUT2D eigenvalue weighted by molar-refractivity contribution is 7.89. The number of methoxy groups -OCH3 is 2. The molecule has 1 fully saturated rings. The monoisotopic (exact) mass is 418 g/mol. The van der Waals surface area contributed by atoms with Gasteiger partial charge in [0.2, 0.25) is 15.9 Å². The van der Waals surface area contributed by atoms with Crippen LogP contribution < -0.4 is 14.8 Å². The fourth-order valence-electron chi connectivity index (χ4n) is 3.30. The van der Waals surface area contributed by atoms with E-state index in [9.17, 15) is 13.2 Å². The van der Waals surface area contributed by atoms with Crippen molar-refractivity contribution in [3.63, 3.8) is 0 Å². The molecule has 0 unspecified atom stereocenters. The summed E-state index contributed by atoms with van der Waals surface area (Å²) in [5.74, 6) is 0.936. The minimum atomic E-state index is -3.47. The number of nitrogens with zero attached hydrogens (tertiary/aromatic N) is 1. The quantitative estimate of drug-likeness (QED) is 0.747. The fourth-order valence-corrected chi connectivity index (χ4v) is 4.82. The van der Waals surface area contributed by atoms with Gasteiger partial charge < -0.3 is 14.8 Å². The minimum absolute atomic E-state index is 0.129. The van der Waals surface area contributed by atoms with Crippen LogP contribution in [0, 0.1) is 0 Å². The standard InChI is InChI=1S/C21H26N2O5S/c1-27-18-13-17(14-19(15-18)28-2)22-21(24)12-16-6-8-20(9-7-16)29(25,26)23-10-4-3-5-11-23/h6-9,13-15H,3-5,10-12H2,1-2H3,(H,22,24). The Kier molecular flexibility index (Phi) is 6.76. The molecule has 0 saturated carbocycles. The first-order chi connectivity index (χ1) is 13.9. The van der Waals surface area contributed by atoms with Crippen LogP contribution >= 0.6 is 0 Å². The fraction of sp³-hybridized carbons (Fsp3) is 0.381. The van der Waals surface area contributed by atoms with Crippen LogP contribution in [0.2, 0.25) is 0 Å². The Morgan fingerprint density at radius 1 is 0.966 bits per heavy atom. The summed E-state index contributed by atoms with van der Waals surface area (Å²) in [4.78, 5) is 12.7. The summed E-state index contributed by atoms with van der Waals surface area (Å²) in [6, 6.07) is 11.6. The van der Waals surface area contributed by atoms with Crippen LogP contribution in [0.15, 0.2) is 47.4 Å². The first-order valence-corrected chi connectivity index (χ1v) is 11.0. The highest BCUT2D eigenvalue weighted by Gasteiger charge is 2.25. The molecular formula is C21H26N2O5S. The van der Waals surface area contributed by atoms with Gasteiger partial charge in [-0.2, -0.15) is 4.31 Å². The second-order valence-electron chi connectivity index (χ2n) is 6.93. The van der Waals surface area contributed by atoms with Gasteiger partial charge in [0.05, 0.1) is 25.5 Å². The first kappa shape index (κ1) is 21.1. The van der Waals surface area contributed by atoms with E-state index in [0.717, 1.165) is 24.8 Å². The molecule has 0 spiro atoms. The Balaban J connectivity index is 1.66. The predicted molar refractivity (Wildman–Crippen MR) is 111 cm³/mol. The van der Waals surface area contributed by atoms with Gasteiger partial charge in [-0.1, -0.05) is 18.6 Å². The maximum atomic E-state index is 12.7. The normalized spacial score (nSPS) is 15.0. The highest BCUT2D eigenvalue weighted by atomic mass is 32.2. The molecule has 29 heavy (non-hydrogen) atoms. The largest absolute Gasteiger partial charge is 0.497 e. The van der Waals surface area contributed by atoms with Gasteiger partial charge in [-0.3, -0.25) is 4.79 Å². The van der Waals surface area contributed by atoms with Gasteiger partial charge in [-0.05, 0) is 30.5 Å². The third-order valence-electron chi connectivity index (χ3n) is 4.88. The molecule has 7 nitrogen and oxygen atoms in total. The van der Waals surface area contributed by atoms with E-state index in [1.807, 2.05) is 0 Å². The molecule has 8 heteroatoms. The molecule has 0 radical (unpaired) electrons. The number of carbonyl (C=O) groups excluding carboxylic acids is 1. The van der Waals surface area contributed by atoms with Crippen molar-refractivity contribution in [1.82, 2.24) is 4.31 Å². The van der Waals surface area contributed by atoms with Crippen LogP contribution in [0.4, 0.5) is 5.69 Å². The molecule has 1 aliphatic heterocycles. The molecular weight excluding hydrogens is 392 g/mol. The van der Waals surface area contributed by atoms with E-state index in [4.69, 9.17) is 9.47 Å². The van der Waals surface area contributed by atoms with Crippen molar-refractivity contribution in [2.75, 3.05) is 32.6 Å². The zero-order valence-corrected chi connectivity index (χ0v) is 17.5. The number of piperidine rings is 1. The minimum Gasteiger partial charge on any atom is -0.497 e. The van der Waals surface area contributed by atoms with Crippen molar-refractivity contribution in [2.24, 2.45) is 0 Å². The third-order valence-corrected chi connectivity index (χ3v) is 6.79. The summed E-state index contributed by atoms with van der Waals surface area (Å²) >= 11 is 0. The summed E-state index contributed by atoms with van der Waals surface area (Å²) < 4.78 is 37.3. The van der Waals surface area contributed by atoms with Crippen LogP contribution in [0.25, 0.3) is 0 Å². The number of hydrogen-bond acceptors (Lipinski definition) is 5. The molecule has 0 aliphatic carbocycles. The molecule has 0 bridgehead atoms. The summed E-state index contributed by atoms with van der Waals surface area (Å²) in [5.41, 5.74) is 1.30. The number of carbonyl (C=O) groups is 1. The summed E-state index contributed by atoms with van der Waals surface area (Å²) in [6.45, 7) is 1.13. The van der Waals surface area contributed by atoms with Gasteiger partial charge in [0.15, 0.2) is 0 Å². The lowest BCUT2D eigenvalue weighted by Gasteiger charge is -2.25. The van der Waals surface area contributed by atoms with Crippen LogP contribution in [0.1, 0.15) is 24.8 Å². The maximum absolute atomic E-state index is 12.7. The molecule has 2 aromatic rings. The van der Waals surface area contributed by atoms with E-state index in [1.54, 1.807) is 56.7 Å². The number of benzene rings is 2. The second-order valence-corrected chi connectivity index (χ2v) is 8.87. The summed E-state index contributed by atoms with van der Waals surface area (Å²) in [6.07, 6.45) is 2.99. The number of anilines is 1. The van der Waals surface area contributed by atoms with Gasteiger partial charge >= 0.3 is 0 Å². The van der Waals surface area contributed by atoms with E-state index in [-0.39, 0.29) is 17.2 Å². The van der Waals surface area contributed by atoms with E-state index >= 15 is 0 Å². The van der Waals surface area contributed by atoms with Crippen molar-refractivity contribution >= 4 is 21.6 Å². The zero-order valence-electron chi connectivity index (χ0n) is 16.7. The topological polar surface area (TPSA) is 84.9 Å².